The van der Waals surface area contributed by atoms with Crippen LogP contribution in [-0.4, -0.2) is 36.8 Å². The van der Waals surface area contributed by atoms with Crippen molar-refractivity contribution >= 4 is 23.2 Å². The lowest BCUT2D eigenvalue weighted by atomic mass is 10.1. The van der Waals surface area contributed by atoms with Gasteiger partial charge in [-0.2, -0.15) is 0 Å². The van der Waals surface area contributed by atoms with E-state index in [9.17, 15) is 5.11 Å². The molecule has 2 nitrogen and oxygen atoms in total. The monoisotopic (exact) mass is 261 g/mol. The molecule has 1 aromatic carbocycles. The minimum absolute atomic E-state index is 0.377. The SMILES string of the molecule is CN(C)CCC(O)Cc1cc(Cl)ccc1Cl. The summed E-state index contributed by atoms with van der Waals surface area (Å²) in [6.45, 7) is 0.860. The highest BCUT2D eigenvalue weighted by Crippen LogP contribution is 2.22. The van der Waals surface area contributed by atoms with Crippen LogP contribution >= 0.6 is 23.2 Å². The Morgan fingerprint density at radius 2 is 2.00 bits per heavy atom. The van der Waals surface area contributed by atoms with Crippen molar-refractivity contribution in [3.8, 4) is 0 Å². The lowest BCUT2D eigenvalue weighted by molar-refractivity contribution is 0.152. The first-order valence-corrected chi connectivity index (χ1v) is 6.01. The first-order valence-electron chi connectivity index (χ1n) is 5.25. The minimum Gasteiger partial charge on any atom is -0.393 e. The van der Waals surface area contributed by atoms with Gasteiger partial charge >= 0.3 is 0 Å². The van der Waals surface area contributed by atoms with Gasteiger partial charge in [0.1, 0.15) is 0 Å². The van der Waals surface area contributed by atoms with Gasteiger partial charge in [0, 0.05) is 10.0 Å². The van der Waals surface area contributed by atoms with Crippen molar-refractivity contribution in [2.75, 3.05) is 20.6 Å². The number of aliphatic hydroxyl groups is 1. The Balaban J connectivity index is 2.55. The van der Waals surface area contributed by atoms with Gasteiger partial charge in [-0.05, 0) is 57.2 Å². The first kappa shape index (κ1) is 13.8. The highest BCUT2D eigenvalue weighted by molar-refractivity contribution is 6.33. The third kappa shape index (κ3) is 4.71. The van der Waals surface area contributed by atoms with Gasteiger partial charge in [0.05, 0.1) is 6.10 Å². The van der Waals surface area contributed by atoms with E-state index < -0.39 is 0 Å². The summed E-state index contributed by atoms with van der Waals surface area (Å²) in [5, 5.41) is 11.2. The van der Waals surface area contributed by atoms with E-state index in [2.05, 4.69) is 0 Å². The molecule has 0 aromatic heterocycles. The van der Waals surface area contributed by atoms with Crippen LogP contribution in [0.4, 0.5) is 0 Å². The van der Waals surface area contributed by atoms with Gasteiger partial charge in [0.15, 0.2) is 0 Å². The van der Waals surface area contributed by atoms with Gasteiger partial charge in [-0.3, -0.25) is 0 Å². The van der Waals surface area contributed by atoms with Crippen molar-refractivity contribution in [1.82, 2.24) is 4.90 Å². The molecule has 4 heteroatoms. The Bertz CT molecular complexity index is 342. The first-order chi connectivity index (χ1) is 7.49. The Hall–Kier alpha value is -0.280. The van der Waals surface area contributed by atoms with Crippen LogP contribution < -0.4 is 0 Å². The zero-order valence-electron chi connectivity index (χ0n) is 9.58. The van der Waals surface area contributed by atoms with Gasteiger partial charge < -0.3 is 10.0 Å². The Morgan fingerprint density at radius 3 is 2.62 bits per heavy atom. The van der Waals surface area contributed by atoms with Crippen LogP contribution in [0.5, 0.6) is 0 Å². The molecule has 1 aromatic rings. The Labute approximate surface area is 107 Å². The van der Waals surface area contributed by atoms with E-state index in [4.69, 9.17) is 23.2 Å². The highest BCUT2D eigenvalue weighted by atomic mass is 35.5. The number of hydrogen-bond donors (Lipinski definition) is 1. The molecule has 0 aliphatic carbocycles. The highest BCUT2D eigenvalue weighted by Gasteiger charge is 2.09. The number of nitrogens with zero attached hydrogens (tertiary/aromatic N) is 1. The molecule has 1 atom stereocenters. The van der Waals surface area contributed by atoms with Crippen LogP contribution in [0.2, 0.25) is 10.0 Å². The van der Waals surface area contributed by atoms with E-state index in [0.29, 0.717) is 16.5 Å². The molecule has 1 unspecified atom stereocenters. The summed E-state index contributed by atoms with van der Waals surface area (Å²) in [4.78, 5) is 2.04. The van der Waals surface area contributed by atoms with Gasteiger partial charge in [-0.25, -0.2) is 0 Å². The number of rotatable bonds is 5. The van der Waals surface area contributed by atoms with Gasteiger partial charge in [0.2, 0.25) is 0 Å². The summed E-state index contributed by atoms with van der Waals surface area (Å²) in [6, 6.07) is 5.32. The van der Waals surface area contributed by atoms with Crippen molar-refractivity contribution in [3.05, 3.63) is 33.8 Å². The zero-order valence-corrected chi connectivity index (χ0v) is 11.1. The maximum atomic E-state index is 9.84. The molecule has 0 spiro atoms. The molecule has 0 radical (unpaired) electrons. The van der Waals surface area contributed by atoms with Crippen molar-refractivity contribution < 1.29 is 5.11 Å². The largest absolute Gasteiger partial charge is 0.393 e. The van der Waals surface area contributed by atoms with E-state index in [1.807, 2.05) is 25.1 Å². The molecular weight excluding hydrogens is 245 g/mol. The summed E-state index contributed by atoms with van der Waals surface area (Å²) < 4.78 is 0. The van der Waals surface area contributed by atoms with Crippen LogP contribution in [0.25, 0.3) is 0 Å². The third-order valence-corrected chi connectivity index (χ3v) is 2.98. The van der Waals surface area contributed by atoms with Crippen molar-refractivity contribution in [1.29, 1.82) is 0 Å². The Morgan fingerprint density at radius 1 is 1.31 bits per heavy atom. The average molecular weight is 262 g/mol. The van der Waals surface area contributed by atoms with Gasteiger partial charge in [0.25, 0.3) is 0 Å². The quantitative estimate of drug-likeness (QED) is 0.882. The molecule has 0 bridgehead atoms. The number of benzene rings is 1. The topological polar surface area (TPSA) is 23.5 Å². The van der Waals surface area contributed by atoms with E-state index in [1.165, 1.54) is 0 Å². The number of aliphatic hydroxyl groups excluding tert-OH is 1. The van der Waals surface area contributed by atoms with Crippen molar-refractivity contribution in [2.24, 2.45) is 0 Å². The summed E-state index contributed by atoms with van der Waals surface area (Å²) in [7, 11) is 3.97. The van der Waals surface area contributed by atoms with Crippen LogP contribution in [0.15, 0.2) is 18.2 Å². The third-order valence-electron chi connectivity index (χ3n) is 2.37. The molecule has 0 heterocycles. The molecule has 90 valence electrons. The van der Waals surface area contributed by atoms with Crippen molar-refractivity contribution in [3.63, 3.8) is 0 Å². The molecule has 0 fully saturated rings. The molecular formula is C12H17Cl2NO. The predicted molar refractivity (Wildman–Crippen MR) is 69.3 cm³/mol. The van der Waals surface area contributed by atoms with E-state index in [0.717, 1.165) is 18.5 Å². The Kier molecular flexibility index (Phi) is 5.56. The summed E-state index contributed by atoms with van der Waals surface area (Å²) >= 11 is 11.9. The maximum Gasteiger partial charge on any atom is 0.0593 e. The lowest BCUT2D eigenvalue weighted by Crippen LogP contribution is -2.20. The van der Waals surface area contributed by atoms with E-state index in [1.54, 1.807) is 12.1 Å². The summed E-state index contributed by atoms with van der Waals surface area (Å²) in [5.74, 6) is 0. The average Bonchev–Trinajstić information content (AvgIpc) is 2.20. The van der Waals surface area contributed by atoms with Crippen molar-refractivity contribution in [2.45, 2.75) is 18.9 Å². The fraction of sp³-hybridized carbons (Fsp3) is 0.500. The normalized spacial score (nSPS) is 13.1. The zero-order chi connectivity index (χ0) is 12.1. The molecule has 1 N–H and O–H groups in total. The van der Waals surface area contributed by atoms with Crippen LogP contribution in [-0.2, 0) is 6.42 Å². The lowest BCUT2D eigenvalue weighted by Gasteiger charge is -2.15. The molecule has 1 rings (SSSR count). The second kappa shape index (κ2) is 6.45. The minimum atomic E-state index is -0.377. The molecule has 0 aliphatic heterocycles. The second-order valence-electron chi connectivity index (χ2n) is 4.19. The number of halogens is 2. The van der Waals surface area contributed by atoms with Gasteiger partial charge in [-0.1, -0.05) is 23.2 Å². The van der Waals surface area contributed by atoms with Gasteiger partial charge in [-0.15, -0.1) is 0 Å². The second-order valence-corrected chi connectivity index (χ2v) is 5.03. The van der Waals surface area contributed by atoms with Crippen LogP contribution in [0.3, 0.4) is 0 Å². The molecule has 16 heavy (non-hydrogen) atoms. The summed E-state index contributed by atoms with van der Waals surface area (Å²) in [5.41, 5.74) is 0.903. The van der Waals surface area contributed by atoms with E-state index in [-0.39, 0.29) is 6.10 Å². The standard InChI is InChI=1S/C12H17Cl2NO/c1-15(2)6-5-11(16)8-9-7-10(13)3-4-12(9)14/h3-4,7,11,16H,5-6,8H2,1-2H3. The predicted octanol–water partition coefficient (Wildman–Crippen LogP) is 2.85. The molecule has 0 saturated heterocycles. The molecule has 0 aliphatic rings. The molecule has 0 amide bonds. The van der Waals surface area contributed by atoms with Crippen LogP contribution in [0.1, 0.15) is 12.0 Å². The fourth-order valence-electron chi connectivity index (χ4n) is 1.46. The van der Waals surface area contributed by atoms with Crippen LogP contribution in [0, 0.1) is 0 Å². The fourth-order valence-corrected chi connectivity index (χ4v) is 1.85. The number of hydrogen-bond acceptors (Lipinski definition) is 2. The smallest absolute Gasteiger partial charge is 0.0593 e. The summed E-state index contributed by atoms with van der Waals surface area (Å²) in [6.07, 6.45) is 0.904. The maximum absolute atomic E-state index is 9.84. The van der Waals surface area contributed by atoms with E-state index >= 15 is 0 Å². The molecule has 0 saturated carbocycles.